The lowest BCUT2D eigenvalue weighted by molar-refractivity contribution is -0.154. The quantitative estimate of drug-likeness (QED) is 0.461. The van der Waals surface area contributed by atoms with E-state index < -0.39 is 35.6 Å². The Morgan fingerprint density at radius 3 is 2.54 bits per heavy atom. The van der Waals surface area contributed by atoms with Crippen molar-refractivity contribution in [2.45, 2.75) is 92.0 Å². The number of rotatable bonds is 3. The molecule has 0 saturated carbocycles. The molecule has 0 fully saturated rings. The van der Waals surface area contributed by atoms with Gasteiger partial charge in [-0.1, -0.05) is 33.8 Å². The second kappa shape index (κ2) is 12.7. The zero-order chi connectivity index (χ0) is 26.3. The van der Waals surface area contributed by atoms with Crippen molar-refractivity contribution < 1.29 is 29.3 Å². The molecule has 35 heavy (non-hydrogen) atoms. The van der Waals surface area contributed by atoms with Gasteiger partial charge < -0.3 is 14.9 Å². The second-order valence-electron chi connectivity index (χ2n) is 10.2. The minimum atomic E-state index is -1.27. The van der Waals surface area contributed by atoms with Crippen molar-refractivity contribution in [2.24, 2.45) is 17.3 Å². The Labute approximate surface area is 212 Å². The number of aliphatic hydroxyl groups excluding tert-OH is 2. The third-order valence-electron chi connectivity index (χ3n) is 7.00. The highest BCUT2D eigenvalue weighted by Crippen LogP contribution is 2.32. The second-order valence-corrected chi connectivity index (χ2v) is 11.3. The largest absolute Gasteiger partial charge is 0.457 e. The summed E-state index contributed by atoms with van der Waals surface area (Å²) in [7, 11) is 0. The molecule has 194 valence electrons. The van der Waals surface area contributed by atoms with E-state index in [1.807, 2.05) is 32.2 Å². The Hall–Kier alpha value is -2.16. The van der Waals surface area contributed by atoms with Crippen LogP contribution in [0.4, 0.5) is 0 Å². The van der Waals surface area contributed by atoms with Crippen LogP contribution in [0.15, 0.2) is 22.6 Å². The molecule has 1 aromatic rings. The zero-order valence-electron chi connectivity index (χ0n) is 21.6. The summed E-state index contributed by atoms with van der Waals surface area (Å²) in [5.74, 6) is -1.81. The van der Waals surface area contributed by atoms with E-state index in [0.29, 0.717) is 31.3 Å². The number of cyclic esters (lactones) is 1. The molecule has 0 aliphatic carbocycles. The van der Waals surface area contributed by atoms with Crippen molar-refractivity contribution >= 4 is 35.5 Å². The Morgan fingerprint density at radius 2 is 1.94 bits per heavy atom. The zero-order valence-corrected chi connectivity index (χ0v) is 22.4. The van der Waals surface area contributed by atoms with E-state index in [-0.39, 0.29) is 18.1 Å². The molecular formula is C27H39NO6S. The van der Waals surface area contributed by atoms with Crippen LogP contribution in [0, 0.1) is 24.2 Å². The third-order valence-corrected chi connectivity index (χ3v) is 7.79. The topological polar surface area (TPSA) is 114 Å². The Balaban J connectivity index is 2.37. The molecule has 2 heterocycles. The lowest BCUT2D eigenvalue weighted by atomic mass is 9.73. The maximum atomic E-state index is 13.2. The van der Waals surface area contributed by atoms with Crippen LogP contribution in [0.2, 0.25) is 0 Å². The standard InChI is InChI=1S/C27H39NO6S/c1-16-8-7-9-20(14-29)10-11-22(17(2)12-21-15-35-19(4)28-21)34-24(31)13-23(30)27(5,6)26(33)18(3)25(16)32/h10,12,14-16,18,22-23,25,30,32H,7-9,11,13H2,1-6H3/b17-12+,20-10+/t16-,18+,22-,23?,25?/m0/s1. The number of aldehydes is 1. The summed E-state index contributed by atoms with van der Waals surface area (Å²) < 4.78 is 5.74. The van der Waals surface area contributed by atoms with E-state index in [1.165, 1.54) is 11.3 Å². The highest BCUT2D eigenvalue weighted by atomic mass is 32.1. The molecule has 0 bridgehead atoms. The van der Waals surface area contributed by atoms with Gasteiger partial charge in [0.05, 0.1) is 34.7 Å². The highest BCUT2D eigenvalue weighted by Gasteiger charge is 2.42. The van der Waals surface area contributed by atoms with Gasteiger partial charge in [-0.3, -0.25) is 14.4 Å². The number of ketones is 1. The molecular weight excluding hydrogens is 466 g/mol. The number of nitrogens with zero attached hydrogens (tertiary/aromatic N) is 1. The van der Waals surface area contributed by atoms with Gasteiger partial charge in [0.15, 0.2) is 0 Å². The van der Waals surface area contributed by atoms with Gasteiger partial charge >= 0.3 is 5.97 Å². The van der Waals surface area contributed by atoms with Gasteiger partial charge in [0, 0.05) is 17.7 Å². The van der Waals surface area contributed by atoms with Gasteiger partial charge in [-0.05, 0) is 56.3 Å². The lowest BCUT2D eigenvalue weighted by Gasteiger charge is -2.34. The average Bonchev–Trinajstić information content (AvgIpc) is 3.21. The maximum absolute atomic E-state index is 13.2. The molecule has 7 nitrogen and oxygen atoms in total. The number of hydrogen-bond acceptors (Lipinski definition) is 8. The van der Waals surface area contributed by atoms with Crippen LogP contribution < -0.4 is 0 Å². The SMILES string of the molecule is C/C(=C\c1csc(C)n1)[C@@H]1C/C=C(/C=O)CCC[C@H](C)C(O)[C@@H](C)C(=O)C(C)(C)C(O)CC(=O)O1. The van der Waals surface area contributed by atoms with Crippen LogP contribution in [0.3, 0.4) is 0 Å². The maximum Gasteiger partial charge on any atom is 0.309 e. The molecule has 0 aromatic carbocycles. The van der Waals surface area contributed by atoms with Crippen molar-refractivity contribution in [2.75, 3.05) is 0 Å². The molecule has 1 aliphatic rings. The summed E-state index contributed by atoms with van der Waals surface area (Å²) in [5, 5.41) is 24.4. The molecule has 8 heteroatoms. The van der Waals surface area contributed by atoms with Crippen molar-refractivity contribution in [1.29, 1.82) is 0 Å². The van der Waals surface area contributed by atoms with Crippen LogP contribution in [0.1, 0.15) is 77.4 Å². The number of aromatic nitrogens is 1. The van der Waals surface area contributed by atoms with Gasteiger partial charge in [-0.15, -0.1) is 11.3 Å². The summed E-state index contributed by atoms with van der Waals surface area (Å²) >= 11 is 1.52. The summed E-state index contributed by atoms with van der Waals surface area (Å²) in [6.45, 7) is 10.5. The van der Waals surface area contributed by atoms with Crippen LogP contribution >= 0.6 is 11.3 Å². The number of Topliss-reactive ketones (excluding diaryl/α,β-unsaturated/α-hetero) is 1. The van der Waals surface area contributed by atoms with Gasteiger partial charge in [0.25, 0.3) is 0 Å². The first-order valence-electron chi connectivity index (χ1n) is 12.2. The van der Waals surface area contributed by atoms with Crippen LogP contribution in [-0.4, -0.2) is 51.5 Å². The summed E-state index contributed by atoms with van der Waals surface area (Å²) in [6, 6.07) is 0. The van der Waals surface area contributed by atoms with Gasteiger partial charge in [-0.25, -0.2) is 4.98 Å². The Morgan fingerprint density at radius 1 is 1.26 bits per heavy atom. The summed E-state index contributed by atoms with van der Waals surface area (Å²) in [6.07, 6.45) is 3.44. The monoisotopic (exact) mass is 505 g/mol. The number of carbonyl (C=O) groups is 3. The van der Waals surface area contributed by atoms with E-state index in [4.69, 9.17) is 4.74 Å². The fourth-order valence-electron chi connectivity index (χ4n) is 4.38. The number of aliphatic hydroxyl groups is 2. The molecule has 0 amide bonds. The molecule has 0 spiro atoms. The van der Waals surface area contributed by atoms with Gasteiger partial charge in [-0.2, -0.15) is 0 Å². The smallest absolute Gasteiger partial charge is 0.309 e. The normalized spacial score (nSPS) is 31.4. The van der Waals surface area contributed by atoms with Crippen LogP contribution in [-0.2, 0) is 19.1 Å². The first-order chi connectivity index (χ1) is 16.4. The Kier molecular flexibility index (Phi) is 10.5. The van der Waals surface area contributed by atoms with E-state index in [2.05, 4.69) is 4.98 Å². The molecule has 5 atom stereocenters. The molecule has 2 rings (SSSR count). The summed E-state index contributed by atoms with van der Waals surface area (Å²) in [5.41, 5.74) is 0.893. The van der Waals surface area contributed by atoms with E-state index in [9.17, 15) is 24.6 Å². The van der Waals surface area contributed by atoms with E-state index in [0.717, 1.165) is 22.6 Å². The number of carbonyl (C=O) groups excluding carboxylic acids is 3. The fourth-order valence-corrected chi connectivity index (χ4v) is 4.95. The molecule has 0 radical (unpaired) electrons. The van der Waals surface area contributed by atoms with E-state index in [1.54, 1.807) is 26.8 Å². The molecule has 2 unspecified atom stereocenters. The van der Waals surface area contributed by atoms with Crippen molar-refractivity contribution in [3.05, 3.63) is 33.3 Å². The number of allylic oxidation sites excluding steroid dienone is 1. The number of aryl methyl sites for hydroxylation is 1. The molecule has 2 N–H and O–H groups in total. The molecule has 0 saturated heterocycles. The minimum absolute atomic E-state index is 0.160. The number of hydrogen-bond donors (Lipinski definition) is 2. The van der Waals surface area contributed by atoms with Crippen LogP contribution in [0.5, 0.6) is 0 Å². The number of esters is 1. The minimum Gasteiger partial charge on any atom is -0.457 e. The van der Waals surface area contributed by atoms with Crippen molar-refractivity contribution in [3.8, 4) is 0 Å². The average molecular weight is 506 g/mol. The predicted octanol–water partition coefficient (Wildman–Crippen LogP) is 4.45. The number of thiazole rings is 1. The van der Waals surface area contributed by atoms with Crippen molar-refractivity contribution in [1.82, 2.24) is 4.98 Å². The molecule has 1 aliphatic heterocycles. The van der Waals surface area contributed by atoms with Crippen molar-refractivity contribution in [3.63, 3.8) is 0 Å². The number of ether oxygens (including phenoxy) is 1. The molecule has 1 aromatic heterocycles. The third kappa shape index (κ3) is 7.92. The fraction of sp³-hybridized carbons (Fsp3) is 0.630. The van der Waals surface area contributed by atoms with Crippen LogP contribution in [0.25, 0.3) is 6.08 Å². The predicted molar refractivity (Wildman–Crippen MR) is 137 cm³/mol. The highest BCUT2D eigenvalue weighted by molar-refractivity contribution is 7.09. The van der Waals surface area contributed by atoms with E-state index >= 15 is 0 Å². The van der Waals surface area contributed by atoms with Gasteiger partial charge in [0.2, 0.25) is 0 Å². The Bertz CT molecular complexity index is 963. The first kappa shape index (κ1) is 29.1. The first-order valence-corrected chi connectivity index (χ1v) is 13.1. The lowest BCUT2D eigenvalue weighted by Crippen LogP contribution is -2.45. The van der Waals surface area contributed by atoms with Gasteiger partial charge in [0.1, 0.15) is 18.2 Å². The summed E-state index contributed by atoms with van der Waals surface area (Å²) in [4.78, 5) is 42.1.